The van der Waals surface area contributed by atoms with Crippen LogP contribution in [0.25, 0.3) is 0 Å². The Kier molecular flexibility index (Phi) is 3.29. The van der Waals surface area contributed by atoms with Gasteiger partial charge in [-0.15, -0.1) is 0 Å². The molecule has 0 radical (unpaired) electrons. The van der Waals surface area contributed by atoms with Crippen LogP contribution in [0.5, 0.6) is 0 Å². The van der Waals surface area contributed by atoms with E-state index in [0.29, 0.717) is 4.90 Å². The number of carbonyl (C=O) groups excluding carboxylic acids is 1. The number of nitro groups is 1. The Bertz CT molecular complexity index is 910. The van der Waals surface area contributed by atoms with Crippen molar-refractivity contribution in [1.82, 2.24) is 0 Å². The van der Waals surface area contributed by atoms with Gasteiger partial charge in [-0.3, -0.25) is 14.9 Å². The molecule has 1 aliphatic rings. The number of aryl methyl sites for hydroxylation is 1. The normalized spacial score (nSPS) is 20.1. The number of nitro benzene ring substituents is 1. The number of hydrogen-bond donors (Lipinski definition) is 0. The Balaban J connectivity index is 2.17. The lowest BCUT2D eigenvalue weighted by molar-refractivity contribution is -0.384. The third-order valence-corrected chi connectivity index (χ3v) is 5.61. The number of nitrogens with zero attached hydrogens (tertiary/aromatic N) is 2. The van der Waals surface area contributed by atoms with Crippen LogP contribution in [-0.2, 0) is 9.73 Å². The molecule has 0 bridgehead atoms. The molecule has 0 fully saturated rings. The van der Waals surface area contributed by atoms with Crippen LogP contribution < -0.4 is 0 Å². The summed E-state index contributed by atoms with van der Waals surface area (Å²) in [5.74, 6) is -0.649. The van der Waals surface area contributed by atoms with E-state index in [-0.39, 0.29) is 28.5 Å². The summed E-state index contributed by atoms with van der Waals surface area (Å²) in [4.78, 5) is 23.0. The van der Waals surface area contributed by atoms with E-state index in [1.165, 1.54) is 18.2 Å². The zero-order valence-corrected chi connectivity index (χ0v) is 12.5. The zero-order chi connectivity index (χ0) is 15.9. The molecule has 0 spiro atoms. The zero-order valence-electron chi connectivity index (χ0n) is 11.7. The predicted molar refractivity (Wildman–Crippen MR) is 82.0 cm³/mol. The van der Waals surface area contributed by atoms with Gasteiger partial charge in [0.05, 0.1) is 25.9 Å². The average molecular weight is 316 g/mol. The quantitative estimate of drug-likeness (QED) is 0.628. The van der Waals surface area contributed by atoms with E-state index in [0.717, 1.165) is 5.56 Å². The molecule has 7 heteroatoms. The van der Waals surface area contributed by atoms with Crippen molar-refractivity contribution in [2.75, 3.05) is 5.75 Å². The van der Waals surface area contributed by atoms with E-state index in [9.17, 15) is 19.1 Å². The van der Waals surface area contributed by atoms with Crippen molar-refractivity contribution in [2.45, 2.75) is 11.8 Å². The van der Waals surface area contributed by atoms with Crippen LogP contribution in [0, 0.1) is 17.0 Å². The lowest BCUT2D eigenvalue weighted by Gasteiger charge is -2.16. The SMILES string of the molecule is Cc1ccc([S@@]2(=O)=Nc3ccc([N+](=O)[O-])cc3C(=O)C2)cc1. The first-order chi connectivity index (χ1) is 10.4. The van der Waals surface area contributed by atoms with Crippen LogP contribution in [0.2, 0.25) is 0 Å². The molecule has 3 rings (SSSR count). The standard InChI is InChI=1S/C15H12N2O4S/c1-10-2-5-12(6-3-10)22(21)9-15(18)13-8-11(17(19)20)4-7-14(13)16-22/h2-8H,9H2,1H3/t22-/m1/s1. The smallest absolute Gasteiger partial charge is 0.270 e. The molecule has 6 nitrogen and oxygen atoms in total. The van der Waals surface area contributed by atoms with Gasteiger partial charge in [0.1, 0.15) is 5.75 Å². The van der Waals surface area contributed by atoms with Crippen LogP contribution in [0.4, 0.5) is 11.4 Å². The van der Waals surface area contributed by atoms with Gasteiger partial charge >= 0.3 is 0 Å². The highest BCUT2D eigenvalue weighted by Gasteiger charge is 2.28. The van der Waals surface area contributed by atoms with Crippen LogP contribution in [0.1, 0.15) is 15.9 Å². The van der Waals surface area contributed by atoms with Crippen molar-refractivity contribution < 1.29 is 13.9 Å². The fraction of sp³-hybridized carbons (Fsp3) is 0.133. The summed E-state index contributed by atoms with van der Waals surface area (Å²) in [6, 6.07) is 10.8. The van der Waals surface area contributed by atoms with Crippen molar-refractivity contribution in [1.29, 1.82) is 0 Å². The molecular formula is C15H12N2O4S. The van der Waals surface area contributed by atoms with Crippen LogP contribution in [0.15, 0.2) is 51.7 Å². The van der Waals surface area contributed by atoms with Crippen molar-refractivity contribution in [3.63, 3.8) is 0 Å². The van der Waals surface area contributed by atoms with Gasteiger partial charge in [-0.1, -0.05) is 17.7 Å². The second kappa shape index (κ2) is 5.03. The molecule has 0 saturated heterocycles. The lowest BCUT2D eigenvalue weighted by atomic mass is 10.1. The van der Waals surface area contributed by atoms with Gasteiger partial charge in [0.15, 0.2) is 5.78 Å². The van der Waals surface area contributed by atoms with Gasteiger partial charge in [0.25, 0.3) is 5.69 Å². The number of hydrogen-bond acceptors (Lipinski definition) is 5. The number of fused-ring (bicyclic) bond motifs is 1. The summed E-state index contributed by atoms with van der Waals surface area (Å²) >= 11 is 0. The van der Waals surface area contributed by atoms with Crippen LogP contribution >= 0.6 is 0 Å². The Labute approximate surface area is 127 Å². The molecule has 1 aliphatic heterocycles. The highest BCUT2D eigenvalue weighted by Crippen LogP contribution is 2.33. The number of benzene rings is 2. The minimum absolute atomic E-state index is 0.153. The molecule has 0 amide bonds. The maximum absolute atomic E-state index is 13.0. The molecule has 0 aliphatic carbocycles. The average Bonchev–Trinajstić information content (AvgIpc) is 2.47. The van der Waals surface area contributed by atoms with Crippen molar-refractivity contribution >= 4 is 26.9 Å². The Morgan fingerprint density at radius 1 is 1.18 bits per heavy atom. The predicted octanol–water partition coefficient (Wildman–Crippen LogP) is 3.26. The first-order valence-corrected chi connectivity index (χ1v) is 8.21. The summed E-state index contributed by atoms with van der Waals surface area (Å²) in [5.41, 5.74) is 1.24. The van der Waals surface area contributed by atoms with E-state index in [4.69, 9.17) is 0 Å². The van der Waals surface area contributed by atoms with E-state index in [2.05, 4.69) is 4.36 Å². The van der Waals surface area contributed by atoms with Gasteiger partial charge < -0.3 is 0 Å². The highest BCUT2D eigenvalue weighted by atomic mass is 32.2. The minimum Gasteiger partial charge on any atom is -0.293 e. The second-order valence-electron chi connectivity index (χ2n) is 5.07. The van der Waals surface area contributed by atoms with E-state index in [1.54, 1.807) is 12.1 Å². The fourth-order valence-electron chi connectivity index (χ4n) is 2.27. The van der Waals surface area contributed by atoms with Gasteiger partial charge in [-0.25, -0.2) is 4.21 Å². The molecular weight excluding hydrogens is 304 g/mol. The molecule has 112 valence electrons. The molecule has 22 heavy (non-hydrogen) atoms. The van der Waals surface area contributed by atoms with Gasteiger partial charge in [-0.05, 0) is 25.1 Å². The monoisotopic (exact) mass is 316 g/mol. The fourth-order valence-corrected chi connectivity index (χ4v) is 4.16. The maximum Gasteiger partial charge on any atom is 0.270 e. The molecule has 0 N–H and O–H groups in total. The van der Waals surface area contributed by atoms with Gasteiger partial charge in [0, 0.05) is 17.0 Å². The number of non-ortho nitro benzene ring substituents is 1. The van der Waals surface area contributed by atoms with Crippen molar-refractivity contribution in [3.8, 4) is 0 Å². The minimum atomic E-state index is -2.88. The Morgan fingerprint density at radius 3 is 2.50 bits per heavy atom. The van der Waals surface area contributed by atoms with E-state index >= 15 is 0 Å². The molecule has 1 heterocycles. The molecule has 0 saturated carbocycles. The highest BCUT2D eigenvalue weighted by molar-refractivity contribution is 7.94. The number of ketones is 1. The third kappa shape index (κ3) is 2.39. The first-order valence-electron chi connectivity index (χ1n) is 6.52. The number of Topliss-reactive ketones (excluding diaryl/α,β-unsaturated/α-hetero) is 1. The van der Waals surface area contributed by atoms with E-state index < -0.39 is 14.7 Å². The maximum atomic E-state index is 13.0. The topological polar surface area (TPSA) is 89.6 Å². The number of rotatable bonds is 2. The molecule has 2 aromatic rings. The summed E-state index contributed by atoms with van der Waals surface area (Å²) in [7, 11) is -2.88. The van der Waals surface area contributed by atoms with Gasteiger partial charge in [0.2, 0.25) is 0 Å². The molecule has 2 aromatic carbocycles. The second-order valence-corrected chi connectivity index (χ2v) is 7.29. The largest absolute Gasteiger partial charge is 0.293 e. The third-order valence-electron chi connectivity index (χ3n) is 3.45. The first kappa shape index (κ1) is 14.4. The van der Waals surface area contributed by atoms with Crippen LogP contribution in [-0.4, -0.2) is 20.7 Å². The van der Waals surface area contributed by atoms with Crippen molar-refractivity contribution in [2.24, 2.45) is 4.36 Å². The molecule has 0 aromatic heterocycles. The molecule has 0 unspecified atom stereocenters. The van der Waals surface area contributed by atoms with Crippen LogP contribution in [0.3, 0.4) is 0 Å². The molecule has 1 atom stereocenters. The Morgan fingerprint density at radius 2 is 1.86 bits per heavy atom. The van der Waals surface area contributed by atoms with E-state index in [1.807, 2.05) is 19.1 Å². The summed E-state index contributed by atoms with van der Waals surface area (Å²) < 4.78 is 17.2. The summed E-state index contributed by atoms with van der Waals surface area (Å²) in [6.45, 7) is 1.91. The summed E-state index contributed by atoms with van der Waals surface area (Å²) in [5, 5.41) is 10.8. The van der Waals surface area contributed by atoms with Crippen molar-refractivity contribution in [3.05, 3.63) is 63.7 Å². The lowest BCUT2D eigenvalue weighted by Crippen LogP contribution is -2.20. The van der Waals surface area contributed by atoms with Gasteiger partial charge in [-0.2, -0.15) is 4.36 Å². The Hall–Kier alpha value is -2.54. The summed E-state index contributed by atoms with van der Waals surface area (Å²) in [6.07, 6.45) is 0. The number of carbonyl (C=O) groups is 1.